The molecule has 1 aromatic heterocycles. The first kappa shape index (κ1) is 11.9. The van der Waals surface area contributed by atoms with Crippen LogP contribution in [0.25, 0.3) is 0 Å². The Morgan fingerprint density at radius 1 is 1.47 bits per heavy atom. The molecule has 4 nitrogen and oxygen atoms in total. The monoisotopic (exact) mass is 210 g/mol. The average molecular weight is 210 g/mol. The summed E-state index contributed by atoms with van der Waals surface area (Å²) in [5, 5.41) is 21.5. The summed E-state index contributed by atoms with van der Waals surface area (Å²) >= 11 is 0. The Balaban J connectivity index is 2.53. The van der Waals surface area contributed by atoms with Gasteiger partial charge in [0, 0.05) is 12.1 Å². The van der Waals surface area contributed by atoms with Gasteiger partial charge in [0.15, 0.2) is 0 Å². The summed E-state index contributed by atoms with van der Waals surface area (Å²) in [7, 11) is 0. The second-order valence-corrected chi connectivity index (χ2v) is 3.93. The van der Waals surface area contributed by atoms with Gasteiger partial charge in [-0.05, 0) is 25.5 Å². The molecule has 0 bridgehead atoms. The Morgan fingerprint density at radius 2 is 2.20 bits per heavy atom. The molecule has 0 spiro atoms. The molecule has 0 radical (unpaired) electrons. The quantitative estimate of drug-likeness (QED) is 0.679. The normalized spacial score (nSPS) is 14.9. The molecule has 84 valence electrons. The van der Waals surface area contributed by atoms with E-state index >= 15 is 0 Å². The third kappa shape index (κ3) is 3.49. The summed E-state index contributed by atoms with van der Waals surface area (Å²) in [6.45, 7) is 4.67. The first-order chi connectivity index (χ1) is 7.09. The highest BCUT2D eigenvalue weighted by molar-refractivity contribution is 5.17. The summed E-state index contributed by atoms with van der Waals surface area (Å²) < 4.78 is 0. The van der Waals surface area contributed by atoms with Crippen LogP contribution in [-0.2, 0) is 6.54 Å². The van der Waals surface area contributed by atoms with E-state index in [2.05, 4.69) is 10.3 Å². The van der Waals surface area contributed by atoms with Crippen molar-refractivity contribution in [3.05, 3.63) is 24.0 Å². The number of aromatic nitrogens is 1. The predicted octanol–water partition coefficient (Wildman–Crippen LogP) is 1.04. The highest BCUT2D eigenvalue weighted by Gasteiger charge is 2.19. The summed E-state index contributed by atoms with van der Waals surface area (Å²) in [4.78, 5) is 4.06. The molecule has 1 unspecified atom stereocenters. The zero-order valence-corrected chi connectivity index (χ0v) is 9.20. The number of aromatic hydroxyl groups is 1. The average Bonchev–Trinajstić information content (AvgIpc) is 2.28. The van der Waals surface area contributed by atoms with Crippen LogP contribution in [0.4, 0.5) is 0 Å². The highest BCUT2D eigenvalue weighted by Crippen LogP contribution is 2.10. The summed E-state index contributed by atoms with van der Waals surface area (Å²) in [5.41, 5.74) is 0.584. The smallest absolute Gasteiger partial charge is 0.133 e. The van der Waals surface area contributed by atoms with Gasteiger partial charge in [0.2, 0.25) is 0 Å². The van der Waals surface area contributed by atoms with Crippen molar-refractivity contribution in [2.24, 2.45) is 0 Å². The minimum Gasteiger partial charge on any atom is -0.506 e. The molecular weight excluding hydrogens is 192 g/mol. The molecule has 0 saturated carbocycles. The number of hydrogen-bond acceptors (Lipinski definition) is 4. The van der Waals surface area contributed by atoms with E-state index in [4.69, 9.17) is 5.11 Å². The lowest BCUT2D eigenvalue weighted by Gasteiger charge is -2.27. The van der Waals surface area contributed by atoms with E-state index in [1.54, 1.807) is 12.1 Å². The van der Waals surface area contributed by atoms with Crippen molar-refractivity contribution < 1.29 is 10.2 Å². The number of nitrogens with one attached hydrogen (secondary N) is 1. The van der Waals surface area contributed by atoms with Crippen molar-refractivity contribution in [1.29, 1.82) is 0 Å². The molecule has 0 amide bonds. The van der Waals surface area contributed by atoms with Crippen LogP contribution in [0.2, 0.25) is 0 Å². The number of rotatable bonds is 5. The number of pyridine rings is 1. The van der Waals surface area contributed by atoms with Gasteiger partial charge in [-0.2, -0.15) is 0 Å². The first-order valence-electron chi connectivity index (χ1n) is 5.09. The molecular formula is C11H18N2O2. The Kier molecular flexibility index (Phi) is 4.05. The van der Waals surface area contributed by atoms with Gasteiger partial charge < -0.3 is 15.5 Å². The van der Waals surface area contributed by atoms with Gasteiger partial charge in [-0.1, -0.05) is 6.92 Å². The fraction of sp³-hybridized carbons (Fsp3) is 0.545. The minimum atomic E-state index is -0.264. The van der Waals surface area contributed by atoms with Gasteiger partial charge in [-0.15, -0.1) is 0 Å². The van der Waals surface area contributed by atoms with Crippen LogP contribution in [0.1, 0.15) is 26.0 Å². The van der Waals surface area contributed by atoms with Crippen LogP contribution in [-0.4, -0.2) is 27.3 Å². The molecule has 0 aliphatic carbocycles. The van der Waals surface area contributed by atoms with E-state index in [0.717, 1.165) is 12.1 Å². The molecule has 1 heterocycles. The highest BCUT2D eigenvalue weighted by atomic mass is 16.3. The molecule has 15 heavy (non-hydrogen) atoms. The molecule has 1 aromatic rings. The van der Waals surface area contributed by atoms with E-state index in [9.17, 15) is 5.11 Å². The van der Waals surface area contributed by atoms with Crippen molar-refractivity contribution >= 4 is 0 Å². The number of nitrogens with zero attached hydrogens (tertiary/aromatic N) is 1. The van der Waals surface area contributed by atoms with Gasteiger partial charge in [0.05, 0.1) is 18.5 Å². The van der Waals surface area contributed by atoms with E-state index in [-0.39, 0.29) is 17.9 Å². The van der Waals surface area contributed by atoms with Crippen LogP contribution in [0.15, 0.2) is 18.3 Å². The van der Waals surface area contributed by atoms with Gasteiger partial charge in [0.1, 0.15) is 5.75 Å². The maximum atomic E-state index is 9.18. The van der Waals surface area contributed by atoms with Crippen molar-refractivity contribution in [3.8, 4) is 5.75 Å². The predicted molar refractivity (Wildman–Crippen MR) is 58.5 cm³/mol. The SMILES string of the molecule is CCC(C)(CO)NCc1ccc(O)cn1. The van der Waals surface area contributed by atoms with Crippen LogP contribution in [0, 0.1) is 0 Å². The fourth-order valence-electron chi connectivity index (χ4n) is 1.12. The molecule has 0 aromatic carbocycles. The van der Waals surface area contributed by atoms with Crippen molar-refractivity contribution in [1.82, 2.24) is 10.3 Å². The summed E-state index contributed by atoms with van der Waals surface area (Å²) in [6, 6.07) is 3.36. The van der Waals surface area contributed by atoms with Gasteiger partial charge >= 0.3 is 0 Å². The van der Waals surface area contributed by atoms with Crippen molar-refractivity contribution in [3.63, 3.8) is 0 Å². The van der Waals surface area contributed by atoms with Crippen molar-refractivity contribution in [2.75, 3.05) is 6.61 Å². The Morgan fingerprint density at radius 3 is 2.67 bits per heavy atom. The standard InChI is InChI=1S/C11H18N2O2/c1-3-11(2,8-14)13-6-9-4-5-10(15)7-12-9/h4-5,7,13-15H,3,6,8H2,1-2H3. The lowest BCUT2D eigenvalue weighted by Crippen LogP contribution is -2.44. The molecule has 4 heteroatoms. The van der Waals surface area contributed by atoms with E-state index < -0.39 is 0 Å². The second kappa shape index (κ2) is 5.09. The number of aliphatic hydroxyl groups excluding tert-OH is 1. The van der Waals surface area contributed by atoms with Gasteiger partial charge in [-0.3, -0.25) is 4.98 Å². The Labute approximate surface area is 90.0 Å². The molecule has 1 rings (SSSR count). The molecule has 0 aliphatic rings. The van der Waals surface area contributed by atoms with E-state index in [1.807, 2.05) is 13.8 Å². The zero-order valence-electron chi connectivity index (χ0n) is 9.20. The third-order valence-corrected chi connectivity index (χ3v) is 2.63. The van der Waals surface area contributed by atoms with Crippen LogP contribution < -0.4 is 5.32 Å². The third-order valence-electron chi connectivity index (χ3n) is 2.63. The van der Waals surface area contributed by atoms with Crippen LogP contribution in [0.3, 0.4) is 0 Å². The number of aliphatic hydroxyl groups is 1. The first-order valence-corrected chi connectivity index (χ1v) is 5.09. The summed E-state index contributed by atoms with van der Waals surface area (Å²) in [6.07, 6.45) is 2.26. The van der Waals surface area contributed by atoms with Gasteiger partial charge in [-0.25, -0.2) is 0 Å². The topological polar surface area (TPSA) is 65.4 Å². The van der Waals surface area contributed by atoms with E-state index in [0.29, 0.717) is 6.54 Å². The molecule has 0 aliphatic heterocycles. The summed E-state index contributed by atoms with van der Waals surface area (Å²) in [5.74, 6) is 0.166. The Hall–Kier alpha value is -1.13. The molecule has 0 fully saturated rings. The second-order valence-electron chi connectivity index (χ2n) is 3.93. The Bertz CT molecular complexity index is 294. The lowest BCUT2D eigenvalue weighted by atomic mass is 10.0. The van der Waals surface area contributed by atoms with Gasteiger partial charge in [0.25, 0.3) is 0 Å². The largest absolute Gasteiger partial charge is 0.506 e. The van der Waals surface area contributed by atoms with E-state index in [1.165, 1.54) is 6.20 Å². The maximum absolute atomic E-state index is 9.18. The molecule has 0 saturated heterocycles. The fourth-order valence-corrected chi connectivity index (χ4v) is 1.12. The molecule has 3 N–H and O–H groups in total. The minimum absolute atomic E-state index is 0.0988. The van der Waals surface area contributed by atoms with Crippen LogP contribution in [0.5, 0.6) is 5.75 Å². The maximum Gasteiger partial charge on any atom is 0.133 e. The van der Waals surface area contributed by atoms with Crippen LogP contribution >= 0.6 is 0 Å². The van der Waals surface area contributed by atoms with Crippen molar-refractivity contribution in [2.45, 2.75) is 32.4 Å². The lowest BCUT2D eigenvalue weighted by molar-refractivity contribution is 0.168. The zero-order chi connectivity index (χ0) is 11.3. The number of hydrogen-bond donors (Lipinski definition) is 3. The molecule has 1 atom stereocenters.